The Morgan fingerprint density at radius 3 is 2.34 bits per heavy atom. The van der Waals surface area contributed by atoms with E-state index in [-0.39, 0.29) is 11.3 Å². The van der Waals surface area contributed by atoms with Gasteiger partial charge in [0.1, 0.15) is 0 Å². The molecular weight excluding hydrogens is 364 g/mol. The van der Waals surface area contributed by atoms with Crippen LogP contribution in [0.3, 0.4) is 0 Å². The molecule has 158 valence electrons. The number of benzene rings is 1. The Labute approximate surface area is 174 Å². The summed E-state index contributed by atoms with van der Waals surface area (Å²) in [5.74, 6) is 2.22. The number of carbonyl (C=O) groups is 1. The van der Waals surface area contributed by atoms with Crippen molar-refractivity contribution in [3.8, 4) is 11.5 Å². The lowest BCUT2D eigenvalue weighted by Gasteiger charge is -2.64. The quantitative estimate of drug-likeness (QED) is 0.523. The molecule has 0 radical (unpaired) electrons. The fourth-order valence-electron chi connectivity index (χ4n) is 7.13. The summed E-state index contributed by atoms with van der Waals surface area (Å²) in [6.45, 7) is 9.82. The average molecular weight is 399 g/mol. The number of nitrogens with one attached hydrogen (secondary N) is 1. The highest BCUT2D eigenvalue weighted by molar-refractivity contribution is 5.86. The Bertz CT molecular complexity index is 800. The molecular formula is C24H34N2O3. The van der Waals surface area contributed by atoms with Crippen LogP contribution in [0.2, 0.25) is 0 Å². The van der Waals surface area contributed by atoms with E-state index >= 15 is 0 Å². The van der Waals surface area contributed by atoms with Crippen molar-refractivity contribution in [2.75, 3.05) is 13.2 Å². The molecule has 4 saturated carbocycles. The van der Waals surface area contributed by atoms with Crippen LogP contribution in [0.5, 0.6) is 11.5 Å². The summed E-state index contributed by atoms with van der Waals surface area (Å²) in [4.78, 5) is 13.2. The zero-order valence-electron chi connectivity index (χ0n) is 18.2. The molecule has 1 amide bonds. The molecule has 0 aliphatic heterocycles. The molecule has 0 saturated heterocycles. The summed E-state index contributed by atoms with van der Waals surface area (Å²) >= 11 is 0. The predicted octanol–water partition coefficient (Wildman–Crippen LogP) is 4.93. The Hall–Kier alpha value is -2.04. The van der Waals surface area contributed by atoms with Gasteiger partial charge in [0.2, 0.25) is 5.91 Å². The molecule has 4 fully saturated rings. The van der Waals surface area contributed by atoms with Crippen molar-refractivity contribution in [3.05, 3.63) is 23.8 Å². The van der Waals surface area contributed by atoms with Gasteiger partial charge >= 0.3 is 0 Å². The molecule has 5 rings (SSSR count). The van der Waals surface area contributed by atoms with Gasteiger partial charge < -0.3 is 9.47 Å². The summed E-state index contributed by atoms with van der Waals surface area (Å²) in [5, 5.41) is 4.30. The van der Waals surface area contributed by atoms with Crippen LogP contribution in [0.15, 0.2) is 23.3 Å². The van der Waals surface area contributed by atoms with Gasteiger partial charge in [0.25, 0.3) is 0 Å². The number of hydrazone groups is 1. The Kier molecular flexibility index (Phi) is 5.12. The molecule has 5 nitrogen and oxygen atoms in total. The second kappa shape index (κ2) is 7.33. The normalized spacial score (nSPS) is 35.1. The highest BCUT2D eigenvalue weighted by Gasteiger charge is 2.62. The van der Waals surface area contributed by atoms with Gasteiger partial charge in [-0.25, -0.2) is 5.43 Å². The van der Waals surface area contributed by atoms with Crippen molar-refractivity contribution in [2.24, 2.45) is 27.3 Å². The molecule has 0 aromatic heterocycles. The first-order valence-electron chi connectivity index (χ1n) is 11.0. The second-order valence-electron chi connectivity index (χ2n) is 10.2. The van der Waals surface area contributed by atoms with E-state index in [1.165, 1.54) is 19.3 Å². The maximum absolute atomic E-state index is 13.2. The summed E-state index contributed by atoms with van der Waals surface area (Å²) in [6, 6.07) is 5.71. The number of amides is 1. The number of carbonyl (C=O) groups excluding carboxylic acids is 1. The SMILES string of the molecule is CCOc1ccc(/C=N/NC(=O)C23CC4CC(C)(CC(C)(C4)C2)C3)cc1OCC. The first-order valence-corrected chi connectivity index (χ1v) is 11.0. The van der Waals surface area contributed by atoms with Crippen LogP contribution in [0.1, 0.15) is 71.8 Å². The van der Waals surface area contributed by atoms with Crippen LogP contribution < -0.4 is 14.9 Å². The molecule has 2 unspecified atom stereocenters. The van der Waals surface area contributed by atoms with E-state index in [0.29, 0.717) is 35.7 Å². The highest BCUT2D eigenvalue weighted by atomic mass is 16.5. The van der Waals surface area contributed by atoms with Gasteiger partial charge in [0, 0.05) is 0 Å². The fraction of sp³-hybridized carbons (Fsp3) is 0.667. The molecule has 0 spiro atoms. The summed E-state index contributed by atoms with van der Waals surface area (Å²) in [7, 11) is 0. The molecule has 4 aliphatic rings. The number of nitrogens with zero attached hydrogens (tertiary/aromatic N) is 1. The minimum Gasteiger partial charge on any atom is -0.490 e. The molecule has 0 heterocycles. The molecule has 1 N–H and O–H groups in total. The van der Waals surface area contributed by atoms with Crippen LogP contribution in [0, 0.1) is 22.2 Å². The lowest BCUT2D eigenvalue weighted by atomic mass is 9.40. The Morgan fingerprint density at radius 1 is 1.07 bits per heavy atom. The maximum Gasteiger partial charge on any atom is 0.246 e. The molecule has 29 heavy (non-hydrogen) atoms. The average Bonchev–Trinajstić information content (AvgIpc) is 2.61. The monoisotopic (exact) mass is 398 g/mol. The van der Waals surface area contributed by atoms with Gasteiger partial charge in [-0.15, -0.1) is 0 Å². The molecule has 5 heteroatoms. The minimum atomic E-state index is -0.241. The van der Waals surface area contributed by atoms with E-state index in [1.807, 2.05) is 32.0 Å². The summed E-state index contributed by atoms with van der Waals surface area (Å²) in [6.07, 6.45) is 8.56. The third-order valence-electron chi connectivity index (χ3n) is 7.06. The third-order valence-corrected chi connectivity index (χ3v) is 7.06. The van der Waals surface area contributed by atoms with Crippen molar-refractivity contribution >= 4 is 12.1 Å². The first-order chi connectivity index (χ1) is 13.8. The lowest BCUT2D eigenvalue weighted by Crippen LogP contribution is -2.59. The van der Waals surface area contributed by atoms with E-state index in [0.717, 1.165) is 30.6 Å². The maximum atomic E-state index is 13.2. The molecule has 2 atom stereocenters. The molecule has 1 aromatic carbocycles. The van der Waals surface area contributed by atoms with Crippen LogP contribution in [0.25, 0.3) is 0 Å². The predicted molar refractivity (Wildman–Crippen MR) is 114 cm³/mol. The number of hydrogen-bond acceptors (Lipinski definition) is 4. The van der Waals surface area contributed by atoms with Gasteiger partial charge in [0.05, 0.1) is 24.8 Å². The first kappa shape index (κ1) is 20.2. The Balaban J connectivity index is 1.46. The highest BCUT2D eigenvalue weighted by Crippen LogP contribution is 2.69. The summed E-state index contributed by atoms with van der Waals surface area (Å²) in [5.41, 5.74) is 4.14. The van der Waals surface area contributed by atoms with E-state index in [2.05, 4.69) is 24.4 Å². The largest absolute Gasteiger partial charge is 0.490 e. The van der Waals surface area contributed by atoms with Crippen molar-refractivity contribution in [2.45, 2.75) is 66.2 Å². The van der Waals surface area contributed by atoms with Crippen LogP contribution in [-0.2, 0) is 4.79 Å². The number of hydrogen-bond donors (Lipinski definition) is 1. The van der Waals surface area contributed by atoms with Gasteiger partial charge in [0.15, 0.2) is 11.5 Å². The van der Waals surface area contributed by atoms with Crippen molar-refractivity contribution in [1.29, 1.82) is 0 Å². The number of ether oxygens (including phenoxy) is 2. The summed E-state index contributed by atoms with van der Waals surface area (Å²) < 4.78 is 11.3. The van der Waals surface area contributed by atoms with Gasteiger partial charge in [-0.05, 0) is 92.9 Å². The van der Waals surface area contributed by atoms with Crippen molar-refractivity contribution in [1.82, 2.24) is 5.43 Å². The van der Waals surface area contributed by atoms with Gasteiger partial charge in [-0.1, -0.05) is 13.8 Å². The van der Waals surface area contributed by atoms with Crippen LogP contribution in [0.4, 0.5) is 0 Å². The van der Waals surface area contributed by atoms with E-state index in [1.54, 1.807) is 6.21 Å². The smallest absolute Gasteiger partial charge is 0.246 e. The second-order valence-corrected chi connectivity index (χ2v) is 10.2. The van der Waals surface area contributed by atoms with Gasteiger partial charge in [-0.2, -0.15) is 5.10 Å². The third kappa shape index (κ3) is 3.88. The fourth-order valence-corrected chi connectivity index (χ4v) is 7.13. The standard InChI is InChI=1S/C24H34N2O3/c1-5-28-19-8-7-17(9-20(19)29-6-2)13-25-26-21(27)24-12-18-10-22(3,15-24)14-23(4,11-18)16-24/h7-9,13,18H,5-6,10-12,14-16H2,1-4H3,(H,26,27)/b25-13+. The van der Waals surface area contributed by atoms with E-state index < -0.39 is 0 Å². The Morgan fingerprint density at radius 2 is 1.72 bits per heavy atom. The van der Waals surface area contributed by atoms with E-state index in [4.69, 9.17) is 9.47 Å². The number of rotatable bonds is 7. The van der Waals surface area contributed by atoms with Crippen molar-refractivity contribution < 1.29 is 14.3 Å². The molecule has 4 bridgehead atoms. The van der Waals surface area contributed by atoms with Crippen molar-refractivity contribution in [3.63, 3.8) is 0 Å². The molecule has 4 aliphatic carbocycles. The van der Waals surface area contributed by atoms with E-state index in [9.17, 15) is 4.79 Å². The van der Waals surface area contributed by atoms with Crippen LogP contribution in [-0.4, -0.2) is 25.3 Å². The minimum absolute atomic E-state index is 0.103. The molecule has 1 aromatic rings. The van der Waals surface area contributed by atoms with Crippen LogP contribution >= 0.6 is 0 Å². The lowest BCUT2D eigenvalue weighted by molar-refractivity contribution is -0.170. The zero-order valence-corrected chi connectivity index (χ0v) is 18.2. The topological polar surface area (TPSA) is 59.9 Å². The zero-order chi connectivity index (χ0) is 20.7. The van der Waals surface area contributed by atoms with Gasteiger partial charge in [-0.3, -0.25) is 4.79 Å².